The van der Waals surface area contributed by atoms with Crippen molar-refractivity contribution in [1.29, 1.82) is 0 Å². The number of rotatable bonds is 7. The van der Waals surface area contributed by atoms with E-state index in [0.717, 1.165) is 31.7 Å². The van der Waals surface area contributed by atoms with Crippen molar-refractivity contribution in [3.05, 3.63) is 46.6 Å². The van der Waals surface area contributed by atoms with Gasteiger partial charge in [-0.1, -0.05) is 29.3 Å². The van der Waals surface area contributed by atoms with Gasteiger partial charge in [0.1, 0.15) is 0 Å². The van der Waals surface area contributed by atoms with Crippen LogP contribution in [0.15, 0.2) is 36.5 Å². The number of nitrogens with one attached hydrogen (secondary N) is 1. The number of likely N-dealkylation sites (N-methyl/N-ethyl adjacent to an activating group) is 1. The van der Waals surface area contributed by atoms with E-state index < -0.39 is 0 Å². The molecule has 27 heavy (non-hydrogen) atoms. The van der Waals surface area contributed by atoms with Crippen LogP contribution in [-0.2, 0) is 4.79 Å². The number of para-hydroxylation sites is 1. The van der Waals surface area contributed by atoms with Gasteiger partial charge in [0.25, 0.3) is 0 Å². The first kappa shape index (κ1) is 19.9. The van der Waals surface area contributed by atoms with Crippen molar-refractivity contribution in [2.75, 3.05) is 36.9 Å². The van der Waals surface area contributed by atoms with Crippen molar-refractivity contribution in [3.63, 3.8) is 0 Å². The minimum atomic E-state index is -0.103. The van der Waals surface area contributed by atoms with E-state index in [2.05, 4.69) is 25.3 Å². The standard InChI is InChI=1S/C19H23Cl2N5O/c1-25(12-9-18(27)23-19-15(20)6-2-7-16(19)21)13-14-5-4-11-26(14)17-8-3-10-22-24-17/h2-3,6-8,10,14H,4-5,9,11-13H2,1H3,(H,23,27). The van der Waals surface area contributed by atoms with Gasteiger partial charge < -0.3 is 15.1 Å². The van der Waals surface area contributed by atoms with Crippen LogP contribution in [0.5, 0.6) is 0 Å². The summed E-state index contributed by atoms with van der Waals surface area (Å²) >= 11 is 12.2. The van der Waals surface area contributed by atoms with E-state index in [4.69, 9.17) is 23.2 Å². The average Bonchev–Trinajstić information content (AvgIpc) is 3.12. The largest absolute Gasteiger partial charge is 0.351 e. The molecule has 1 unspecified atom stereocenters. The molecule has 0 aliphatic carbocycles. The fourth-order valence-electron chi connectivity index (χ4n) is 3.34. The van der Waals surface area contributed by atoms with E-state index in [9.17, 15) is 4.79 Å². The summed E-state index contributed by atoms with van der Waals surface area (Å²) in [5, 5.41) is 11.9. The van der Waals surface area contributed by atoms with Gasteiger partial charge in [-0.3, -0.25) is 4.79 Å². The van der Waals surface area contributed by atoms with Crippen LogP contribution in [-0.4, -0.2) is 53.7 Å². The summed E-state index contributed by atoms with van der Waals surface area (Å²) in [5.41, 5.74) is 0.470. The molecule has 0 saturated carbocycles. The van der Waals surface area contributed by atoms with Gasteiger partial charge >= 0.3 is 0 Å². The molecule has 6 nitrogen and oxygen atoms in total. The van der Waals surface area contributed by atoms with Crippen LogP contribution in [0.2, 0.25) is 10.0 Å². The Morgan fingerprint density at radius 2 is 2.07 bits per heavy atom. The predicted octanol–water partition coefficient (Wildman–Crippen LogP) is 3.71. The minimum Gasteiger partial charge on any atom is -0.351 e. The van der Waals surface area contributed by atoms with E-state index in [1.165, 1.54) is 0 Å². The number of nitrogens with zero attached hydrogens (tertiary/aromatic N) is 4. The number of carbonyl (C=O) groups is 1. The van der Waals surface area contributed by atoms with Gasteiger partial charge in [-0.15, -0.1) is 5.10 Å². The molecular formula is C19H23Cl2N5O. The molecule has 1 aromatic carbocycles. The van der Waals surface area contributed by atoms with E-state index >= 15 is 0 Å². The maximum absolute atomic E-state index is 12.3. The summed E-state index contributed by atoms with van der Waals surface area (Å²) in [6.07, 6.45) is 4.31. The average molecular weight is 408 g/mol. The summed E-state index contributed by atoms with van der Waals surface area (Å²) in [4.78, 5) is 16.7. The Balaban J connectivity index is 1.49. The Bertz CT molecular complexity index is 754. The molecule has 0 radical (unpaired) electrons. The van der Waals surface area contributed by atoms with Crippen molar-refractivity contribution in [2.45, 2.75) is 25.3 Å². The van der Waals surface area contributed by atoms with E-state index in [0.29, 0.717) is 34.7 Å². The molecule has 2 heterocycles. The van der Waals surface area contributed by atoms with Gasteiger partial charge in [0.05, 0.1) is 15.7 Å². The molecule has 2 aromatic rings. The zero-order chi connectivity index (χ0) is 19.2. The predicted molar refractivity (Wildman–Crippen MR) is 110 cm³/mol. The van der Waals surface area contributed by atoms with Gasteiger partial charge in [-0.05, 0) is 44.2 Å². The Morgan fingerprint density at radius 1 is 1.30 bits per heavy atom. The lowest BCUT2D eigenvalue weighted by molar-refractivity contribution is -0.116. The van der Waals surface area contributed by atoms with Crippen LogP contribution in [0.4, 0.5) is 11.5 Å². The highest BCUT2D eigenvalue weighted by Gasteiger charge is 2.26. The van der Waals surface area contributed by atoms with Gasteiger partial charge in [0.15, 0.2) is 5.82 Å². The molecule has 0 spiro atoms. The molecule has 3 rings (SSSR count). The maximum atomic E-state index is 12.3. The second kappa shape index (κ2) is 9.35. The highest BCUT2D eigenvalue weighted by Crippen LogP contribution is 2.30. The topological polar surface area (TPSA) is 61.4 Å². The highest BCUT2D eigenvalue weighted by molar-refractivity contribution is 6.39. The van der Waals surface area contributed by atoms with Crippen LogP contribution in [0.25, 0.3) is 0 Å². The van der Waals surface area contributed by atoms with Gasteiger partial charge in [-0.2, -0.15) is 5.10 Å². The van der Waals surface area contributed by atoms with Gasteiger partial charge in [-0.25, -0.2) is 0 Å². The number of anilines is 2. The third-order valence-corrected chi connectivity index (χ3v) is 5.33. The zero-order valence-corrected chi connectivity index (χ0v) is 16.7. The van der Waals surface area contributed by atoms with Crippen LogP contribution in [0.3, 0.4) is 0 Å². The third-order valence-electron chi connectivity index (χ3n) is 4.70. The molecule has 1 atom stereocenters. The third kappa shape index (κ3) is 5.31. The van der Waals surface area contributed by atoms with Crippen LogP contribution in [0.1, 0.15) is 19.3 Å². The summed E-state index contributed by atoms with van der Waals surface area (Å²) in [7, 11) is 2.03. The first-order chi connectivity index (χ1) is 13.0. The first-order valence-corrected chi connectivity index (χ1v) is 9.77. The molecule has 1 aliphatic rings. The van der Waals surface area contributed by atoms with Crippen LogP contribution >= 0.6 is 23.2 Å². The van der Waals surface area contributed by atoms with Gasteiger partial charge in [0.2, 0.25) is 5.91 Å². The quantitative estimate of drug-likeness (QED) is 0.757. The summed E-state index contributed by atoms with van der Waals surface area (Å²) < 4.78 is 0. The molecule has 8 heteroatoms. The molecule has 1 fully saturated rings. The number of carbonyl (C=O) groups excluding carboxylic acids is 1. The van der Waals surface area contributed by atoms with Gasteiger partial charge in [0, 0.05) is 38.3 Å². The molecule has 1 N–H and O–H groups in total. The molecule has 1 aliphatic heterocycles. The lowest BCUT2D eigenvalue weighted by Gasteiger charge is -2.29. The maximum Gasteiger partial charge on any atom is 0.225 e. The monoisotopic (exact) mass is 407 g/mol. The highest BCUT2D eigenvalue weighted by atomic mass is 35.5. The normalized spacial score (nSPS) is 16.7. The Labute approximate surface area is 169 Å². The number of hydrogen-bond donors (Lipinski definition) is 1. The summed E-state index contributed by atoms with van der Waals surface area (Å²) in [6.45, 7) is 2.51. The summed E-state index contributed by atoms with van der Waals surface area (Å²) in [5.74, 6) is 0.813. The van der Waals surface area contributed by atoms with Crippen molar-refractivity contribution in [1.82, 2.24) is 15.1 Å². The Kier molecular flexibility index (Phi) is 6.88. The lowest BCUT2D eigenvalue weighted by atomic mass is 10.2. The fraction of sp³-hybridized carbons (Fsp3) is 0.421. The van der Waals surface area contributed by atoms with E-state index in [-0.39, 0.29) is 5.91 Å². The number of amides is 1. The number of halogens is 2. The number of benzene rings is 1. The molecule has 1 aromatic heterocycles. The lowest BCUT2D eigenvalue weighted by Crippen LogP contribution is -2.40. The van der Waals surface area contributed by atoms with Crippen LogP contribution < -0.4 is 10.2 Å². The van der Waals surface area contributed by atoms with Crippen molar-refractivity contribution < 1.29 is 4.79 Å². The first-order valence-electron chi connectivity index (χ1n) is 9.01. The second-order valence-electron chi connectivity index (χ2n) is 6.73. The Morgan fingerprint density at radius 3 is 2.78 bits per heavy atom. The molecule has 144 valence electrons. The van der Waals surface area contributed by atoms with E-state index in [1.54, 1.807) is 24.4 Å². The molecule has 1 saturated heterocycles. The van der Waals surface area contributed by atoms with Crippen LogP contribution in [0, 0.1) is 0 Å². The molecule has 1 amide bonds. The van der Waals surface area contributed by atoms with Crippen molar-refractivity contribution >= 4 is 40.6 Å². The SMILES string of the molecule is CN(CCC(=O)Nc1c(Cl)cccc1Cl)CC1CCCN1c1cccnn1. The smallest absolute Gasteiger partial charge is 0.225 e. The molecular weight excluding hydrogens is 385 g/mol. The van der Waals surface area contributed by atoms with Crippen molar-refractivity contribution in [3.8, 4) is 0 Å². The minimum absolute atomic E-state index is 0.103. The fourth-order valence-corrected chi connectivity index (χ4v) is 3.83. The Hall–Kier alpha value is -1.89. The second-order valence-corrected chi connectivity index (χ2v) is 7.54. The van der Waals surface area contributed by atoms with E-state index in [1.807, 2.05) is 19.2 Å². The zero-order valence-electron chi connectivity index (χ0n) is 15.2. The number of hydrogen-bond acceptors (Lipinski definition) is 5. The number of aromatic nitrogens is 2. The summed E-state index contributed by atoms with van der Waals surface area (Å²) in [6, 6.07) is 9.44. The van der Waals surface area contributed by atoms with Crippen molar-refractivity contribution in [2.24, 2.45) is 0 Å². The molecule has 0 bridgehead atoms.